The molecular weight excluding hydrogens is 258 g/mol. The van der Waals surface area contributed by atoms with Gasteiger partial charge in [0.1, 0.15) is 10.2 Å². The second kappa shape index (κ2) is 3.85. The Kier molecular flexibility index (Phi) is 2.44. The molecule has 0 fully saturated rings. The van der Waals surface area contributed by atoms with Crippen molar-refractivity contribution in [3.63, 3.8) is 0 Å². The van der Waals surface area contributed by atoms with E-state index in [4.69, 9.17) is 0 Å². The summed E-state index contributed by atoms with van der Waals surface area (Å²) in [5, 5.41) is 2.79. The van der Waals surface area contributed by atoms with Gasteiger partial charge in [0.15, 0.2) is 0 Å². The van der Waals surface area contributed by atoms with Crippen LogP contribution in [0, 0.1) is 0 Å². The fourth-order valence-corrected chi connectivity index (χ4v) is 3.90. The van der Waals surface area contributed by atoms with Gasteiger partial charge in [0, 0.05) is 6.54 Å². The summed E-state index contributed by atoms with van der Waals surface area (Å²) in [7, 11) is 0. The zero-order chi connectivity index (χ0) is 12.0. The molecule has 2 aromatic heterocycles. The minimum atomic E-state index is -0.0383. The van der Waals surface area contributed by atoms with Crippen LogP contribution in [0.25, 0.3) is 10.2 Å². The maximum absolute atomic E-state index is 12.1. The van der Waals surface area contributed by atoms with Gasteiger partial charge in [-0.2, -0.15) is 0 Å². The van der Waals surface area contributed by atoms with E-state index in [1.54, 1.807) is 4.57 Å². The molecule has 17 heavy (non-hydrogen) atoms. The molecule has 0 spiro atoms. The van der Waals surface area contributed by atoms with Crippen molar-refractivity contribution >= 4 is 44.9 Å². The van der Waals surface area contributed by atoms with Crippen molar-refractivity contribution in [1.82, 2.24) is 9.55 Å². The lowest BCUT2D eigenvalue weighted by molar-refractivity contribution is -0.113. The molecular formula is C10H9N3O2S2. The molecule has 5 nitrogen and oxygen atoms in total. The lowest BCUT2D eigenvalue weighted by Crippen LogP contribution is -2.20. The first-order valence-corrected chi connectivity index (χ1v) is 6.95. The van der Waals surface area contributed by atoms with E-state index in [0.717, 1.165) is 4.21 Å². The SMILES string of the molecule is CCn1cnc2c3c(sc2c1=O)SCC(=O)N3. The Balaban J connectivity index is 2.32. The lowest BCUT2D eigenvalue weighted by Gasteiger charge is -2.10. The Bertz CT molecular complexity index is 674. The van der Waals surface area contributed by atoms with E-state index in [1.807, 2.05) is 6.92 Å². The van der Waals surface area contributed by atoms with E-state index >= 15 is 0 Å². The Morgan fingerprint density at radius 3 is 3.12 bits per heavy atom. The Labute approximate surface area is 105 Å². The van der Waals surface area contributed by atoms with Crippen molar-refractivity contribution in [3.05, 3.63) is 16.7 Å². The monoisotopic (exact) mass is 267 g/mol. The summed E-state index contributed by atoms with van der Waals surface area (Å²) in [5.74, 6) is 0.366. The van der Waals surface area contributed by atoms with Gasteiger partial charge in [-0.25, -0.2) is 4.98 Å². The van der Waals surface area contributed by atoms with Crippen LogP contribution in [-0.4, -0.2) is 21.2 Å². The average molecular weight is 267 g/mol. The topological polar surface area (TPSA) is 64.0 Å². The smallest absolute Gasteiger partial charge is 0.271 e. The lowest BCUT2D eigenvalue weighted by atomic mass is 10.4. The van der Waals surface area contributed by atoms with Crippen LogP contribution in [0.4, 0.5) is 5.69 Å². The van der Waals surface area contributed by atoms with E-state index in [2.05, 4.69) is 10.3 Å². The van der Waals surface area contributed by atoms with Gasteiger partial charge in [0.25, 0.3) is 5.56 Å². The van der Waals surface area contributed by atoms with E-state index in [9.17, 15) is 9.59 Å². The zero-order valence-electron chi connectivity index (χ0n) is 9.02. The number of hydrogen-bond donors (Lipinski definition) is 1. The summed E-state index contributed by atoms with van der Waals surface area (Å²) in [6.45, 7) is 2.50. The molecule has 1 N–H and O–H groups in total. The predicted molar refractivity (Wildman–Crippen MR) is 68.9 cm³/mol. The fourth-order valence-electron chi connectivity index (χ4n) is 1.72. The first-order valence-electron chi connectivity index (χ1n) is 5.15. The highest BCUT2D eigenvalue weighted by Gasteiger charge is 2.23. The average Bonchev–Trinajstić information content (AvgIpc) is 2.69. The Morgan fingerprint density at radius 2 is 2.35 bits per heavy atom. The summed E-state index contributed by atoms with van der Waals surface area (Å²) in [5.41, 5.74) is 1.28. The molecule has 2 aromatic rings. The molecule has 0 aliphatic carbocycles. The van der Waals surface area contributed by atoms with Crippen molar-refractivity contribution in [2.24, 2.45) is 0 Å². The minimum Gasteiger partial charge on any atom is -0.322 e. The molecule has 0 saturated carbocycles. The van der Waals surface area contributed by atoms with E-state index < -0.39 is 0 Å². The summed E-state index contributed by atoms with van der Waals surface area (Å²) in [6.07, 6.45) is 1.53. The number of fused-ring (bicyclic) bond motifs is 3. The number of rotatable bonds is 1. The summed E-state index contributed by atoms with van der Waals surface area (Å²) < 4.78 is 3.16. The summed E-state index contributed by atoms with van der Waals surface area (Å²) in [4.78, 5) is 27.7. The molecule has 0 atom stereocenters. The molecule has 3 rings (SSSR count). The zero-order valence-corrected chi connectivity index (χ0v) is 10.7. The molecule has 1 amide bonds. The standard InChI is InChI=1S/C10H9N3O2S2/c1-2-13-4-11-6-7-10(16-3-5(14)12-7)17-8(6)9(13)15/h4H,2-3H2,1H3,(H,12,14). The van der Waals surface area contributed by atoms with Crippen molar-refractivity contribution in [2.75, 3.05) is 11.1 Å². The molecule has 88 valence electrons. The van der Waals surface area contributed by atoms with Crippen LogP contribution in [0.5, 0.6) is 0 Å². The third-order valence-electron chi connectivity index (χ3n) is 2.57. The van der Waals surface area contributed by atoms with Crippen molar-refractivity contribution in [1.29, 1.82) is 0 Å². The molecule has 3 heterocycles. The van der Waals surface area contributed by atoms with Gasteiger partial charge in [-0.15, -0.1) is 23.1 Å². The third-order valence-corrected chi connectivity index (χ3v) is 5.01. The van der Waals surface area contributed by atoms with Gasteiger partial charge in [-0.05, 0) is 6.92 Å². The van der Waals surface area contributed by atoms with Gasteiger partial charge in [-0.1, -0.05) is 0 Å². The van der Waals surface area contributed by atoms with Crippen LogP contribution in [0.2, 0.25) is 0 Å². The molecule has 1 aliphatic rings. The largest absolute Gasteiger partial charge is 0.322 e. The minimum absolute atomic E-state index is 0.0354. The number of nitrogens with one attached hydrogen (secondary N) is 1. The van der Waals surface area contributed by atoms with Crippen molar-refractivity contribution < 1.29 is 4.79 Å². The third kappa shape index (κ3) is 1.57. The van der Waals surface area contributed by atoms with Crippen LogP contribution in [0.15, 0.2) is 15.3 Å². The number of thioether (sulfide) groups is 1. The Morgan fingerprint density at radius 1 is 1.53 bits per heavy atom. The van der Waals surface area contributed by atoms with E-state index in [-0.39, 0.29) is 11.5 Å². The van der Waals surface area contributed by atoms with Crippen LogP contribution in [0.1, 0.15) is 6.92 Å². The molecule has 0 saturated heterocycles. The van der Waals surface area contributed by atoms with E-state index in [0.29, 0.717) is 28.2 Å². The van der Waals surface area contributed by atoms with E-state index in [1.165, 1.54) is 29.4 Å². The number of anilines is 1. The molecule has 1 aliphatic heterocycles. The van der Waals surface area contributed by atoms with Crippen LogP contribution in [0.3, 0.4) is 0 Å². The normalized spacial score (nSPS) is 14.8. The number of aromatic nitrogens is 2. The van der Waals surface area contributed by atoms with Crippen molar-refractivity contribution in [2.45, 2.75) is 17.7 Å². The van der Waals surface area contributed by atoms with Crippen molar-refractivity contribution in [3.8, 4) is 0 Å². The molecule has 0 radical (unpaired) electrons. The summed E-state index contributed by atoms with van der Waals surface area (Å²) in [6, 6.07) is 0. The number of hydrogen-bond acceptors (Lipinski definition) is 5. The number of carbonyl (C=O) groups excluding carboxylic acids is 1. The predicted octanol–water partition coefficient (Wildman–Crippen LogP) is 1.52. The van der Waals surface area contributed by atoms with Gasteiger partial charge < -0.3 is 5.32 Å². The van der Waals surface area contributed by atoms with Crippen LogP contribution in [-0.2, 0) is 11.3 Å². The van der Waals surface area contributed by atoms with Gasteiger partial charge in [0.2, 0.25) is 5.91 Å². The highest BCUT2D eigenvalue weighted by atomic mass is 32.2. The maximum atomic E-state index is 12.1. The molecule has 0 unspecified atom stereocenters. The van der Waals surface area contributed by atoms with Gasteiger partial charge in [0.05, 0.1) is 22.0 Å². The number of nitrogens with zero attached hydrogens (tertiary/aromatic N) is 2. The number of thiophene rings is 1. The summed E-state index contributed by atoms with van der Waals surface area (Å²) >= 11 is 2.87. The second-order valence-corrected chi connectivity index (χ2v) is 5.88. The molecule has 7 heteroatoms. The first kappa shape index (κ1) is 10.8. The number of carbonyl (C=O) groups is 1. The Hall–Kier alpha value is -1.34. The van der Waals surface area contributed by atoms with Gasteiger partial charge >= 0.3 is 0 Å². The number of aryl methyl sites for hydroxylation is 1. The first-order chi connectivity index (χ1) is 8.20. The van der Waals surface area contributed by atoms with Gasteiger partial charge in [-0.3, -0.25) is 14.2 Å². The molecule has 0 aromatic carbocycles. The fraction of sp³-hybridized carbons (Fsp3) is 0.300. The number of amides is 1. The van der Waals surface area contributed by atoms with Crippen LogP contribution >= 0.6 is 23.1 Å². The second-order valence-electron chi connectivity index (χ2n) is 3.61. The molecule has 0 bridgehead atoms. The quantitative estimate of drug-likeness (QED) is 0.851. The highest BCUT2D eigenvalue weighted by molar-refractivity contribution is 8.02. The highest BCUT2D eigenvalue weighted by Crippen LogP contribution is 2.42. The maximum Gasteiger partial charge on any atom is 0.271 e. The van der Waals surface area contributed by atoms with Crippen LogP contribution < -0.4 is 10.9 Å².